The Bertz CT molecular complexity index is 632. The SMILES string of the molecule is O=C1NC(=O)C2(CCCN(c3ncccc3C(=O)O)C2)N1. The summed E-state index contributed by atoms with van der Waals surface area (Å²) in [6.07, 6.45) is 2.69. The van der Waals surface area contributed by atoms with Crippen LogP contribution in [0.25, 0.3) is 0 Å². The number of carbonyl (C=O) groups is 3. The third kappa shape index (κ3) is 2.18. The van der Waals surface area contributed by atoms with Gasteiger partial charge in [-0.1, -0.05) is 0 Å². The van der Waals surface area contributed by atoms with Crippen molar-refractivity contribution >= 4 is 23.7 Å². The number of amides is 3. The maximum atomic E-state index is 12.0. The molecule has 0 aliphatic carbocycles. The Morgan fingerprint density at radius 2 is 2.24 bits per heavy atom. The van der Waals surface area contributed by atoms with E-state index in [0.717, 1.165) is 0 Å². The highest BCUT2D eigenvalue weighted by Crippen LogP contribution is 2.28. The molecule has 2 aliphatic rings. The highest BCUT2D eigenvalue weighted by Gasteiger charge is 2.49. The number of imide groups is 1. The zero-order valence-corrected chi connectivity index (χ0v) is 11.1. The zero-order valence-electron chi connectivity index (χ0n) is 11.1. The van der Waals surface area contributed by atoms with E-state index >= 15 is 0 Å². The molecular weight excluding hydrogens is 276 g/mol. The minimum Gasteiger partial charge on any atom is -0.478 e. The first-order valence-corrected chi connectivity index (χ1v) is 6.59. The van der Waals surface area contributed by atoms with Crippen LogP contribution in [0.5, 0.6) is 0 Å². The van der Waals surface area contributed by atoms with Crippen LogP contribution in [0.3, 0.4) is 0 Å². The number of pyridine rings is 1. The van der Waals surface area contributed by atoms with E-state index < -0.39 is 17.5 Å². The fraction of sp³-hybridized carbons (Fsp3) is 0.385. The number of rotatable bonds is 2. The summed E-state index contributed by atoms with van der Waals surface area (Å²) in [6.45, 7) is 0.796. The third-order valence-corrected chi connectivity index (χ3v) is 3.82. The van der Waals surface area contributed by atoms with Crippen molar-refractivity contribution in [2.45, 2.75) is 18.4 Å². The van der Waals surface area contributed by atoms with Gasteiger partial charge in [0.15, 0.2) is 0 Å². The number of aromatic carboxylic acids is 1. The van der Waals surface area contributed by atoms with Gasteiger partial charge in [0.1, 0.15) is 16.9 Å². The summed E-state index contributed by atoms with van der Waals surface area (Å²) in [4.78, 5) is 40.5. The minimum atomic E-state index is -1.07. The average Bonchev–Trinajstić information content (AvgIpc) is 2.72. The molecule has 8 nitrogen and oxygen atoms in total. The Kier molecular flexibility index (Phi) is 3.00. The van der Waals surface area contributed by atoms with Crippen molar-refractivity contribution in [1.29, 1.82) is 0 Å². The molecule has 1 atom stereocenters. The van der Waals surface area contributed by atoms with Crippen molar-refractivity contribution in [3.63, 3.8) is 0 Å². The smallest absolute Gasteiger partial charge is 0.339 e. The van der Waals surface area contributed by atoms with Gasteiger partial charge in [-0.15, -0.1) is 0 Å². The van der Waals surface area contributed by atoms with E-state index in [1.54, 1.807) is 11.0 Å². The largest absolute Gasteiger partial charge is 0.478 e. The van der Waals surface area contributed by atoms with Crippen molar-refractivity contribution < 1.29 is 19.5 Å². The Hall–Kier alpha value is -2.64. The van der Waals surface area contributed by atoms with Gasteiger partial charge in [-0.3, -0.25) is 10.1 Å². The summed E-state index contributed by atoms with van der Waals surface area (Å²) in [5.74, 6) is -1.12. The van der Waals surface area contributed by atoms with Crippen LogP contribution in [0.1, 0.15) is 23.2 Å². The number of hydrogen-bond acceptors (Lipinski definition) is 5. The zero-order chi connectivity index (χ0) is 15.0. The van der Waals surface area contributed by atoms with E-state index in [1.807, 2.05) is 0 Å². The number of hydrogen-bond donors (Lipinski definition) is 3. The molecule has 3 N–H and O–H groups in total. The van der Waals surface area contributed by atoms with E-state index in [0.29, 0.717) is 25.2 Å². The summed E-state index contributed by atoms with van der Waals surface area (Å²) >= 11 is 0. The number of anilines is 1. The molecule has 0 aromatic carbocycles. The minimum absolute atomic E-state index is 0.0827. The number of nitrogens with one attached hydrogen (secondary N) is 2. The van der Waals surface area contributed by atoms with E-state index in [9.17, 15) is 19.5 Å². The van der Waals surface area contributed by atoms with E-state index in [2.05, 4.69) is 15.6 Å². The Balaban J connectivity index is 1.92. The van der Waals surface area contributed by atoms with Crippen molar-refractivity contribution in [2.24, 2.45) is 0 Å². The van der Waals surface area contributed by atoms with Crippen LogP contribution >= 0.6 is 0 Å². The highest BCUT2D eigenvalue weighted by atomic mass is 16.4. The molecule has 1 aromatic heterocycles. The second-order valence-electron chi connectivity index (χ2n) is 5.20. The van der Waals surface area contributed by atoms with Gasteiger partial charge < -0.3 is 15.3 Å². The first-order chi connectivity index (χ1) is 10.0. The molecule has 0 bridgehead atoms. The van der Waals surface area contributed by atoms with Crippen LogP contribution < -0.4 is 15.5 Å². The number of nitrogens with zero attached hydrogens (tertiary/aromatic N) is 2. The predicted octanol–water partition coefficient (Wildman–Crippen LogP) is -0.0418. The standard InChI is InChI=1S/C13H14N4O4/c18-10(19)8-3-1-5-14-9(8)17-6-2-4-13(7-17)11(20)15-12(21)16-13/h1,3,5H,2,4,6-7H2,(H,18,19)(H2,15,16,20,21). The maximum absolute atomic E-state index is 12.0. The molecule has 110 valence electrons. The lowest BCUT2D eigenvalue weighted by Gasteiger charge is -2.39. The van der Waals surface area contributed by atoms with Crippen LogP contribution in [-0.4, -0.2) is 46.6 Å². The van der Waals surface area contributed by atoms with Crippen molar-refractivity contribution in [3.8, 4) is 0 Å². The topological polar surface area (TPSA) is 112 Å². The lowest BCUT2D eigenvalue weighted by molar-refractivity contribution is -0.124. The van der Waals surface area contributed by atoms with Crippen LogP contribution in [0.4, 0.5) is 10.6 Å². The van der Waals surface area contributed by atoms with Gasteiger partial charge in [-0.2, -0.15) is 0 Å². The number of urea groups is 1. The van der Waals surface area contributed by atoms with Crippen LogP contribution in [0.15, 0.2) is 18.3 Å². The average molecular weight is 290 g/mol. The molecule has 3 amide bonds. The van der Waals surface area contributed by atoms with Gasteiger partial charge in [-0.25, -0.2) is 14.6 Å². The fourth-order valence-corrected chi connectivity index (χ4v) is 2.87. The lowest BCUT2D eigenvalue weighted by atomic mass is 9.89. The molecule has 21 heavy (non-hydrogen) atoms. The first kappa shape index (κ1) is 13.3. The van der Waals surface area contributed by atoms with Gasteiger partial charge in [0.05, 0.1) is 6.54 Å². The van der Waals surface area contributed by atoms with E-state index in [1.165, 1.54) is 12.3 Å². The molecule has 2 fully saturated rings. The normalized spacial score (nSPS) is 24.9. The molecule has 0 radical (unpaired) electrons. The highest BCUT2D eigenvalue weighted by molar-refractivity contribution is 6.07. The second-order valence-corrected chi connectivity index (χ2v) is 5.20. The molecular formula is C13H14N4O4. The monoisotopic (exact) mass is 290 g/mol. The summed E-state index contributed by atoms with van der Waals surface area (Å²) in [6, 6.07) is 2.51. The predicted molar refractivity (Wildman–Crippen MR) is 72.0 cm³/mol. The van der Waals surface area contributed by atoms with Crippen LogP contribution in [0, 0.1) is 0 Å². The molecule has 1 spiro atoms. The second kappa shape index (κ2) is 4.72. The van der Waals surface area contributed by atoms with Crippen LogP contribution in [-0.2, 0) is 4.79 Å². The third-order valence-electron chi connectivity index (χ3n) is 3.82. The number of carboxylic acids is 1. The van der Waals surface area contributed by atoms with Gasteiger partial charge in [-0.05, 0) is 25.0 Å². The Labute approximate surface area is 120 Å². The van der Waals surface area contributed by atoms with Crippen molar-refractivity contribution in [2.75, 3.05) is 18.0 Å². The molecule has 2 aliphatic heterocycles. The summed E-state index contributed by atoms with van der Waals surface area (Å²) in [5.41, 5.74) is -0.915. The molecule has 8 heteroatoms. The molecule has 2 saturated heterocycles. The molecule has 3 rings (SSSR count). The Morgan fingerprint density at radius 3 is 2.90 bits per heavy atom. The number of carbonyl (C=O) groups excluding carboxylic acids is 2. The summed E-state index contributed by atoms with van der Waals surface area (Å²) < 4.78 is 0. The lowest BCUT2D eigenvalue weighted by Crippen LogP contribution is -2.59. The first-order valence-electron chi connectivity index (χ1n) is 6.59. The fourth-order valence-electron chi connectivity index (χ4n) is 2.87. The molecule has 1 unspecified atom stereocenters. The quantitative estimate of drug-likeness (QED) is 0.659. The van der Waals surface area contributed by atoms with E-state index in [4.69, 9.17) is 0 Å². The van der Waals surface area contributed by atoms with Gasteiger partial charge in [0.25, 0.3) is 5.91 Å². The summed E-state index contributed by atoms with van der Waals surface area (Å²) in [5, 5.41) is 14.1. The molecule has 1 aromatic rings. The maximum Gasteiger partial charge on any atom is 0.339 e. The number of carboxylic acid groups (broad SMARTS) is 1. The van der Waals surface area contributed by atoms with Crippen molar-refractivity contribution in [1.82, 2.24) is 15.6 Å². The van der Waals surface area contributed by atoms with Crippen molar-refractivity contribution in [3.05, 3.63) is 23.9 Å². The van der Waals surface area contributed by atoms with Crippen LogP contribution in [0.2, 0.25) is 0 Å². The van der Waals surface area contributed by atoms with Gasteiger partial charge in [0.2, 0.25) is 0 Å². The van der Waals surface area contributed by atoms with E-state index in [-0.39, 0.29) is 18.0 Å². The Morgan fingerprint density at radius 1 is 1.43 bits per heavy atom. The molecule has 3 heterocycles. The number of piperidine rings is 1. The van der Waals surface area contributed by atoms with Gasteiger partial charge in [0, 0.05) is 12.7 Å². The summed E-state index contributed by atoms with van der Waals surface area (Å²) in [7, 11) is 0. The number of aromatic nitrogens is 1. The van der Waals surface area contributed by atoms with Gasteiger partial charge >= 0.3 is 12.0 Å². The molecule has 0 saturated carbocycles.